The van der Waals surface area contributed by atoms with Crippen LogP contribution in [0.25, 0.3) is 0 Å². The van der Waals surface area contributed by atoms with Crippen LogP contribution in [0, 0.1) is 5.92 Å². The van der Waals surface area contributed by atoms with Crippen molar-refractivity contribution >= 4 is 12.2 Å². The van der Waals surface area contributed by atoms with E-state index in [2.05, 4.69) is 6.92 Å². The summed E-state index contributed by atoms with van der Waals surface area (Å²) in [6.07, 6.45) is 1.98. The Bertz CT molecular complexity index is 167. The van der Waals surface area contributed by atoms with Gasteiger partial charge in [-0.15, -0.1) is 0 Å². The Morgan fingerprint density at radius 3 is 2.91 bits per heavy atom. The molecule has 1 aliphatic heterocycles. The third-order valence-electron chi connectivity index (χ3n) is 1.92. The lowest BCUT2D eigenvalue weighted by Crippen LogP contribution is -2.26. The van der Waals surface area contributed by atoms with Gasteiger partial charge >= 0.3 is 0 Å². The minimum atomic E-state index is 0.194. The average molecular weight is 155 g/mol. The topological polar surface area (TPSA) is 37.4 Å². The second-order valence-electron chi connectivity index (χ2n) is 3.10. The van der Waals surface area contributed by atoms with Crippen LogP contribution in [0.15, 0.2) is 0 Å². The Kier molecular flexibility index (Phi) is 2.63. The summed E-state index contributed by atoms with van der Waals surface area (Å²) in [5.41, 5.74) is 0. The highest BCUT2D eigenvalue weighted by molar-refractivity contribution is 5.78. The van der Waals surface area contributed by atoms with Gasteiger partial charge in [-0.25, -0.2) is 0 Å². The van der Waals surface area contributed by atoms with Gasteiger partial charge in [0.2, 0.25) is 5.91 Å². The van der Waals surface area contributed by atoms with Gasteiger partial charge in [-0.3, -0.25) is 4.79 Å². The molecule has 1 saturated heterocycles. The van der Waals surface area contributed by atoms with Crippen molar-refractivity contribution in [2.45, 2.75) is 19.8 Å². The van der Waals surface area contributed by atoms with Gasteiger partial charge in [0.15, 0.2) is 0 Å². The van der Waals surface area contributed by atoms with Crippen LogP contribution in [-0.4, -0.2) is 30.2 Å². The van der Waals surface area contributed by atoms with Crippen molar-refractivity contribution in [2.75, 3.05) is 13.1 Å². The van der Waals surface area contributed by atoms with E-state index in [0.29, 0.717) is 25.3 Å². The molecule has 1 amide bonds. The highest BCUT2D eigenvalue weighted by Crippen LogP contribution is 2.16. The van der Waals surface area contributed by atoms with E-state index in [0.717, 1.165) is 12.8 Å². The molecule has 1 fully saturated rings. The first kappa shape index (κ1) is 8.24. The zero-order valence-corrected chi connectivity index (χ0v) is 6.75. The number of carbonyl (C=O) groups excluding carboxylic acids is 2. The van der Waals surface area contributed by atoms with Gasteiger partial charge in [0.25, 0.3) is 0 Å². The molecule has 0 aromatic heterocycles. The van der Waals surface area contributed by atoms with Gasteiger partial charge in [-0.1, -0.05) is 6.92 Å². The minimum absolute atomic E-state index is 0.194. The number of carbonyl (C=O) groups is 2. The normalized spacial score (nSPS) is 24.3. The summed E-state index contributed by atoms with van der Waals surface area (Å²) in [6.45, 7) is 3.48. The summed E-state index contributed by atoms with van der Waals surface area (Å²) in [7, 11) is 0. The van der Waals surface area contributed by atoms with Crippen LogP contribution in [0.1, 0.15) is 19.8 Å². The molecule has 0 aliphatic carbocycles. The predicted molar refractivity (Wildman–Crippen MR) is 41.0 cm³/mol. The number of aldehydes is 1. The van der Waals surface area contributed by atoms with Gasteiger partial charge in [0, 0.05) is 25.9 Å². The maximum absolute atomic E-state index is 11.1. The first-order chi connectivity index (χ1) is 5.24. The number of rotatable bonds is 3. The SMILES string of the molecule is CC1CC(=O)N(CCC=O)C1. The Labute approximate surface area is 66.4 Å². The van der Waals surface area contributed by atoms with Gasteiger partial charge < -0.3 is 9.69 Å². The van der Waals surface area contributed by atoms with E-state index < -0.39 is 0 Å². The Morgan fingerprint density at radius 1 is 1.73 bits per heavy atom. The lowest BCUT2D eigenvalue weighted by molar-refractivity contribution is -0.127. The number of amides is 1. The molecular weight excluding hydrogens is 142 g/mol. The van der Waals surface area contributed by atoms with E-state index in [1.807, 2.05) is 0 Å². The molecule has 62 valence electrons. The first-order valence-corrected chi connectivity index (χ1v) is 3.95. The summed E-state index contributed by atoms with van der Waals surface area (Å²) in [4.78, 5) is 22.9. The predicted octanol–water partition coefficient (Wildman–Crippen LogP) is 0.444. The van der Waals surface area contributed by atoms with Crippen LogP contribution >= 0.6 is 0 Å². The van der Waals surface area contributed by atoms with E-state index >= 15 is 0 Å². The molecule has 1 unspecified atom stereocenters. The fourth-order valence-corrected chi connectivity index (χ4v) is 1.39. The van der Waals surface area contributed by atoms with Gasteiger partial charge in [-0.2, -0.15) is 0 Å². The lowest BCUT2D eigenvalue weighted by atomic mass is 10.2. The molecule has 3 nitrogen and oxygen atoms in total. The van der Waals surface area contributed by atoms with E-state index in [9.17, 15) is 9.59 Å². The van der Waals surface area contributed by atoms with E-state index in [-0.39, 0.29) is 5.91 Å². The highest BCUT2D eigenvalue weighted by Gasteiger charge is 2.25. The molecule has 3 heteroatoms. The fraction of sp³-hybridized carbons (Fsp3) is 0.750. The standard InChI is InChI=1S/C8H13NO2/c1-7-5-8(11)9(6-7)3-2-4-10/h4,7H,2-3,5-6H2,1H3. The summed E-state index contributed by atoms with van der Waals surface area (Å²) in [5.74, 6) is 0.661. The monoisotopic (exact) mass is 155 g/mol. The second-order valence-corrected chi connectivity index (χ2v) is 3.10. The van der Waals surface area contributed by atoms with Crippen LogP contribution in [0.2, 0.25) is 0 Å². The molecule has 0 spiro atoms. The second kappa shape index (κ2) is 3.51. The maximum atomic E-state index is 11.1. The van der Waals surface area contributed by atoms with Crippen LogP contribution in [0.5, 0.6) is 0 Å². The third-order valence-corrected chi connectivity index (χ3v) is 1.92. The molecular formula is C8H13NO2. The summed E-state index contributed by atoms with van der Waals surface area (Å²) >= 11 is 0. The molecule has 11 heavy (non-hydrogen) atoms. The van der Waals surface area contributed by atoms with E-state index in [1.165, 1.54) is 0 Å². The summed E-state index contributed by atoms with van der Waals surface area (Å²) in [6, 6.07) is 0. The molecule has 0 N–H and O–H groups in total. The summed E-state index contributed by atoms with van der Waals surface area (Å²) in [5, 5.41) is 0. The first-order valence-electron chi connectivity index (χ1n) is 3.95. The van der Waals surface area contributed by atoms with Gasteiger partial charge in [-0.05, 0) is 5.92 Å². The lowest BCUT2D eigenvalue weighted by Gasteiger charge is -2.13. The van der Waals surface area contributed by atoms with Crippen LogP contribution < -0.4 is 0 Å². The number of hydrogen-bond donors (Lipinski definition) is 0. The van der Waals surface area contributed by atoms with Gasteiger partial charge in [0.05, 0.1) is 0 Å². The quantitative estimate of drug-likeness (QED) is 0.555. The third kappa shape index (κ3) is 2.03. The minimum Gasteiger partial charge on any atom is -0.342 e. The average Bonchev–Trinajstić information content (AvgIpc) is 2.26. The molecule has 0 aromatic rings. The van der Waals surface area contributed by atoms with Crippen molar-refractivity contribution in [3.63, 3.8) is 0 Å². The molecule has 1 aliphatic rings. The Morgan fingerprint density at radius 2 is 2.45 bits per heavy atom. The van der Waals surface area contributed by atoms with Crippen LogP contribution in [0.4, 0.5) is 0 Å². The van der Waals surface area contributed by atoms with Crippen molar-refractivity contribution in [3.8, 4) is 0 Å². The van der Waals surface area contributed by atoms with E-state index in [4.69, 9.17) is 0 Å². The smallest absolute Gasteiger partial charge is 0.222 e. The Balaban J connectivity index is 2.34. The van der Waals surface area contributed by atoms with Gasteiger partial charge in [0.1, 0.15) is 6.29 Å². The molecule has 0 bridgehead atoms. The molecule has 0 aromatic carbocycles. The van der Waals surface area contributed by atoms with Crippen molar-refractivity contribution < 1.29 is 9.59 Å². The van der Waals surface area contributed by atoms with Crippen molar-refractivity contribution in [2.24, 2.45) is 5.92 Å². The van der Waals surface area contributed by atoms with Crippen molar-refractivity contribution in [3.05, 3.63) is 0 Å². The zero-order chi connectivity index (χ0) is 8.27. The molecule has 1 rings (SSSR count). The van der Waals surface area contributed by atoms with Crippen molar-refractivity contribution in [1.29, 1.82) is 0 Å². The van der Waals surface area contributed by atoms with Crippen molar-refractivity contribution in [1.82, 2.24) is 4.90 Å². The molecule has 1 atom stereocenters. The van der Waals surface area contributed by atoms with E-state index in [1.54, 1.807) is 4.90 Å². The van der Waals surface area contributed by atoms with Crippen LogP contribution in [0.3, 0.4) is 0 Å². The Hall–Kier alpha value is -0.860. The number of nitrogens with zero attached hydrogens (tertiary/aromatic N) is 1. The summed E-state index contributed by atoms with van der Waals surface area (Å²) < 4.78 is 0. The number of hydrogen-bond acceptors (Lipinski definition) is 2. The molecule has 0 radical (unpaired) electrons. The zero-order valence-electron chi connectivity index (χ0n) is 6.75. The molecule has 0 saturated carbocycles. The molecule has 1 heterocycles. The fourth-order valence-electron chi connectivity index (χ4n) is 1.39. The highest BCUT2D eigenvalue weighted by atomic mass is 16.2. The van der Waals surface area contributed by atoms with Crippen LogP contribution in [-0.2, 0) is 9.59 Å². The number of likely N-dealkylation sites (tertiary alicyclic amines) is 1. The maximum Gasteiger partial charge on any atom is 0.222 e. The largest absolute Gasteiger partial charge is 0.342 e.